The Hall–Kier alpha value is -0.940. The Balaban J connectivity index is 2.04. The summed E-state index contributed by atoms with van der Waals surface area (Å²) in [5, 5.41) is 0. The predicted octanol–water partition coefficient (Wildman–Crippen LogP) is 3.31. The number of carbonyl (C=O) groups excluding carboxylic acids is 1. The van der Waals surface area contributed by atoms with E-state index in [1.54, 1.807) is 4.90 Å². The van der Waals surface area contributed by atoms with Crippen LogP contribution >= 0.6 is 22.6 Å². The fourth-order valence-electron chi connectivity index (χ4n) is 2.67. The van der Waals surface area contributed by atoms with Crippen LogP contribution < -0.4 is 0 Å². The molecule has 1 aliphatic rings. The van der Waals surface area contributed by atoms with Gasteiger partial charge in [-0.3, -0.25) is 4.90 Å². The van der Waals surface area contributed by atoms with Crippen LogP contribution in [0.2, 0.25) is 0 Å². The summed E-state index contributed by atoms with van der Waals surface area (Å²) >= 11 is 2.01. The highest BCUT2D eigenvalue weighted by Gasteiger charge is 2.26. The fraction of sp³-hybridized carbons (Fsp3) is 0.588. The normalized spacial score (nSPS) is 16.6. The number of hydrogen-bond donors (Lipinski definition) is 0. The lowest BCUT2D eigenvalue weighted by atomic mass is 10.1. The second-order valence-electron chi connectivity index (χ2n) is 7.37. The molecule has 26 heavy (non-hydrogen) atoms. The molecule has 1 amide bonds. The van der Waals surface area contributed by atoms with Gasteiger partial charge in [0.05, 0.1) is 4.90 Å². The lowest BCUT2D eigenvalue weighted by Gasteiger charge is -2.35. The summed E-state index contributed by atoms with van der Waals surface area (Å²) in [6.07, 6.45) is -0.326. The quantitative estimate of drug-likeness (QED) is 0.473. The van der Waals surface area contributed by atoms with Crippen LogP contribution in [0, 0.1) is 10.5 Å². The Kier molecular flexibility index (Phi) is 6.55. The first-order valence-corrected chi connectivity index (χ1v) is 10.8. The summed E-state index contributed by atoms with van der Waals surface area (Å²) in [6.45, 7) is 10.2. The first-order valence-electron chi connectivity index (χ1n) is 8.31. The maximum Gasteiger partial charge on any atom is 0.410 e. The topological polar surface area (TPSA) is 66.9 Å². The smallest absolute Gasteiger partial charge is 0.410 e. The zero-order chi connectivity index (χ0) is 19.7. The van der Waals surface area contributed by atoms with Crippen LogP contribution in [0.15, 0.2) is 17.0 Å². The van der Waals surface area contributed by atoms with E-state index in [1.807, 2.05) is 50.3 Å². The van der Waals surface area contributed by atoms with Crippen LogP contribution in [0.3, 0.4) is 0 Å². The molecule has 0 radical (unpaired) electrons. The molecule has 1 aromatic rings. The van der Waals surface area contributed by atoms with E-state index in [0.29, 0.717) is 36.3 Å². The third-order valence-electron chi connectivity index (χ3n) is 4.12. The van der Waals surface area contributed by atoms with E-state index >= 15 is 0 Å². The first kappa shape index (κ1) is 21.4. The van der Waals surface area contributed by atoms with Crippen molar-refractivity contribution in [2.24, 2.45) is 0 Å². The summed E-state index contributed by atoms with van der Waals surface area (Å²) < 4.78 is 41.9. The number of nitrogens with zero attached hydrogens (tertiary/aromatic N) is 2. The predicted molar refractivity (Wildman–Crippen MR) is 105 cm³/mol. The first-order chi connectivity index (χ1) is 11.9. The molecular formula is C17H24FIN2O4S. The molecule has 6 nitrogen and oxygen atoms in total. The van der Waals surface area contributed by atoms with Gasteiger partial charge >= 0.3 is 16.3 Å². The summed E-state index contributed by atoms with van der Waals surface area (Å²) in [6, 6.07) is 2.74. The molecule has 0 saturated carbocycles. The molecule has 0 aliphatic carbocycles. The fourth-order valence-corrected chi connectivity index (χ4v) is 4.10. The molecular weight excluding hydrogens is 474 g/mol. The standard InChI is InChI=1S/C17H24FIN2O4S/c1-12-13(9-14(10-15(12)19)26(18,23)24)11-20-5-7-21(8-6-20)16(22)25-17(2,3)4/h9-10H,5-8,11H2,1-4H3. The van der Waals surface area contributed by atoms with Crippen molar-refractivity contribution in [3.63, 3.8) is 0 Å². The van der Waals surface area contributed by atoms with E-state index in [0.717, 1.165) is 11.1 Å². The minimum atomic E-state index is -4.74. The SMILES string of the molecule is Cc1c(I)cc(S(=O)(=O)F)cc1CN1CCN(C(=O)OC(C)(C)C)CC1. The minimum Gasteiger partial charge on any atom is -0.444 e. The number of amides is 1. The van der Waals surface area contributed by atoms with Crippen LogP contribution in [-0.2, 0) is 21.5 Å². The highest BCUT2D eigenvalue weighted by molar-refractivity contribution is 14.1. The summed E-state index contributed by atoms with van der Waals surface area (Å²) in [7, 11) is -4.74. The second-order valence-corrected chi connectivity index (χ2v) is 9.88. The molecule has 1 heterocycles. The molecule has 1 saturated heterocycles. The van der Waals surface area contributed by atoms with Crippen LogP contribution in [0.4, 0.5) is 8.68 Å². The van der Waals surface area contributed by atoms with Gasteiger partial charge in [-0.15, -0.1) is 3.89 Å². The molecule has 0 aromatic heterocycles. The monoisotopic (exact) mass is 498 g/mol. The number of piperazine rings is 1. The van der Waals surface area contributed by atoms with Crippen molar-refractivity contribution in [3.05, 3.63) is 26.8 Å². The van der Waals surface area contributed by atoms with Gasteiger partial charge in [0, 0.05) is 36.3 Å². The van der Waals surface area contributed by atoms with Crippen LogP contribution in [-0.4, -0.2) is 56.1 Å². The zero-order valence-electron chi connectivity index (χ0n) is 15.4. The molecule has 1 aliphatic heterocycles. The van der Waals surface area contributed by atoms with Crippen molar-refractivity contribution in [1.29, 1.82) is 0 Å². The Labute approximate surface area is 168 Å². The van der Waals surface area contributed by atoms with Crippen molar-refractivity contribution in [2.75, 3.05) is 26.2 Å². The van der Waals surface area contributed by atoms with Crippen molar-refractivity contribution in [2.45, 2.75) is 44.7 Å². The van der Waals surface area contributed by atoms with Crippen molar-refractivity contribution >= 4 is 38.9 Å². The van der Waals surface area contributed by atoms with Gasteiger partial charge in [-0.25, -0.2) is 4.79 Å². The maximum atomic E-state index is 13.4. The Morgan fingerprint density at radius 2 is 1.81 bits per heavy atom. The van der Waals surface area contributed by atoms with E-state index < -0.39 is 15.8 Å². The third kappa shape index (κ3) is 5.78. The van der Waals surface area contributed by atoms with Crippen LogP contribution in [0.5, 0.6) is 0 Å². The molecule has 2 rings (SSSR count). The summed E-state index contributed by atoms with van der Waals surface area (Å²) in [4.78, 5) is 15.6. The maximum absolute atomic E-state index is 13.4. The third-order valence-corrected chi connectivity index (χ3v) is 6.04. The average Bonchev–Trinajstić information content (AvgIpc) is 2.49. The second kappa shape index (κ2) is 7.97. The molecule has 1 fully saturated rings. The van der Waals surface area contributed by atoms with E-state index in [-0.39, 0.29) is 11.0 Å². The summed E-state index contributed by atoms with van der Waals surface area (Å²) in [5.41, 5.74) is 1.19. The number of halogens is 2. The van der Waals surface area contributed by atoms with Gasteiger partial charge in [-0.05, 0) is 73.5 Å². The zero-order valence-corrected chi connectivity index (χ0v) is 18.4. The van der Waals surface area contributed by atoms with Gasteiger partial charge in [-0.1, -0.05) is 0 Å². The number of carbonyl (C=O) groups is 1. The highest BCUT2D eigenvalue weighted by Crippen LogP contribution is 2.25. The molecule has 146 valence electrons. The highest BCUT2D eigenvalue weighted by atomic mass is 127. The van der Waals surface area contributed by atoms with E-state index in [4.69, 9.17) is 4.74 Å². The van der Waals surface area contributed by atoms with Gasteiger partial charge in [-0.2, -0.15) is 8.42 Å². The van der Waals surface area contributed by atoms with Crippen LogP contribution in [0.1, 0.15) is 31.9 Å². The number of hydrogen-bond acceptors (Lipinski definition) is 5. The lowest BCUT2D eigenvalue weighted by Crippen LogP contribution is -2.49. The van der Waals surface area contributed by atoms with Crippen LogP contribution in [0.25, 0.3) is 0 Å². The van der Waals surface area contributed by atoms with Gasteiger partial charge < -0.3 is 9.64 Å². The van der Waals surface area contributed by atoms with Gasteiger partial charge in [0.2, 0.25) is 0 Å². The van der Waals surface area contributed by atoms with Crippen molar-refractivity contribution in [1.82, 2.24) is 9.80 Å². The van der Waals surface area contributed by atoms with E-state index in [1.165, 1.54) is 12.1 Å². The molecule has 1 aromatic carbocycles. The average molecular weight is 498 g/mol. The largest absolute Gasteiger partial charge is 0.444 e. The van der Waals surface area contributed by atoms with Gasteiger partial charge in [0.1, 0.15) is 5.60 Å². The molecule has 9 heteroatoms. The number of ether oxygens (including phenoxy) is 1. The van der Waals surface area contributed by atoms with E-state index in [2.05, 4.69) is 4.90 Å². The number of rotatable bonds is 3. The van der Waals surface area contributed by atoms with Crippen molar-refractivity contribution < 1.29 is 21.8 Å². The minimum absolute atomic E-state index is 0.310. The molecule has 0 atom stereocenters. The molecule has 0 spiro atoms. The Morgan fingerprint density at radius 1 is 1.23 bits per heavy atom. The molecule has 0 N–H and O–H groups in total. The van der Waals surface area contributed by atoms with Gasteiger partial charge in [0.25, 0.3) is 0 Å². The number of benzene rings is 1. The molecule has 0 unspecified atom stereocenters. The van der Waals surface area contributed by atoms with Gasteiger partial charge in [0.15, 0.2) is 0 Å². The van der Waals surface area contributed by atoms with Crippen molar-refractivity contribution in [3.8, 4) is 0 Å². The summed E-state index contributed by atoms with van der Waals surface area (Å²) in [5.74, 6) is 0. The Morgan fingerprint density at radius 3 is 2.31 bits per heavy atom. The Bertz CT molecular complexity index is 785. The lowest BCUT2D eigenvalue weighted by molar-refractivity contribution is 0.0138. The molecule has 0 bridgehead atoms. The van der Waals surface area contributed by atoms with E-state index in [9.17, 15) is 17.1 Å².